The van der Waals surface area contributed by atoms with Crippen LogP contribution in [0.1, 0.15) is 31.2 Å². The van der Waals surface area contributed by atoms with Crippen molar-refractivity contribution in [3.8, 4) is 0 Å². The van der Waals surface area contributed by atoms with Crippen LogP contribution in [0.15, 0.2) is 53.7 Å². The molecule has 7 nitrogen and oxygen atoms in total. The van der Waals surface area contributed by atoms with Crippen molar-refractivity contribution in [1.29, 1.82) is 0 Å². The van der Waals surface area contributed by atoms with Crippen LogP contribution in [0.5, 0.6) is 0 Å². The molecule has 30 heavy (non-hydrogen) atoms. The molecule has 1 aliphatic heterocycles. The van der Waals surface area contributed by atoms with E-state index >= 15 is 0 Å². The number of hydrogen-bond donors (Lipinski definition) is 2. The summed E-state index contributed by atoms with van der Waals surface area (Å²) >= 11 is 0. The summed E-state index contributed by atoms with van der Waals surface area (Å²) in [4.78, 5) is 4.70. The summed E-state index contributed by atoms with van der Waals surface area (Å²) in [6.07, 6.45) is 3.59. The molecule has 0 amide bonds. The predicted octanol–water partition coefficient (Wildman–Crippen LogP) is 2.67. The van der Waals surface area contributed by atoms with Crippen LogP contribution < -0.4 is 10.6 Å². The van der Waals surface area contributed by atoms with Gasteiger partial charge in [0.15, 0.2) is 17.4 Å². The summed E-state index contributed by atoms with van der Waals surface area (Å²) in [5.41, 5.74) is 1.60. The average Bonchev–Trinajstić information content (AvgIpc) is 3.19. The van der Waals surface area contributed by atoms with Gasteiger partial charge in [-0.3, -0.25) is 4.40 Å². The van der Waals surface area contributed by atoms with Crippen LogP contribution in [0, 0.1) is 5.82 Å². The Balaban J connectivity index is 1.52. The van der Waals surface area contributed by atoms with Crippen LogP contribution in [0.25, 0.3) is 5.65 Å². The van der Waals surface area contributed by atoms with Crippen LogP contribution in [0.4, 0.5) is 4.39 Å². The number of nitrogens with one attached hydrogen (secondary N) is 2. The molecule has 1 fully saturated rings. The fourth-order valence-electron chi connectivity index (χ4n) is 3.89. The number of benzene rings is 1. The van der Waals surface area contributed by atoms with E-state index < -0.39 is 0 Å². The van der Waals surface area contributed by atoms with Crippen LogP contribution in [-0.4, -0.2) is 46.9 Å². The number of pyridine rings is 1. The van der Waals surface area contributed by atoms with Crippen LogP contribution in [0.2, 0.25) is 0 Å². The first-order chi connectivity index (χ1) is 14.7. The Kier molecular flexibility index (Phi) is 6.23. The number of ether oxygens (including phenoxy) is 1. The molecule has 0 unspecified atom stereocenters. The van der Waals surface area contributed by atoms with E-state index in [1.165, 1.54) is 6.07 Å². The van der Waals surface area contributed by atoms with Gasteiger partial charge in [0.2, 0.25) is 0 Å². The molecule has 2 N–H and O–H groups in total. The first kappa shape index (κ1) is 20.3. The van der Waals surface area contributed by atoms with Crippen molar-refractivity contribution in [2.24, 2.45) is 4.99 Å². The summed E-state index contributed by atoms with van der Waals surface area (Å²) in [6.45, 7) is 5.14. The normalized spacial score (nSPS) is 16.5. The molecule has 0 atom stereocenters. The van der Waals surface area contributed by atoms with E-state index in [1.54, 1.807) is 12.1 Å². The molecular weight excluding hydrogens is 383 g/mol. The minimum absolute atomic E-state index is 0.196. The van der Waals surface area contributed by atoms with Gasteiger partial charge < -0.3 is 15.4 Å². The van der Waals surface area contributed by atoms with E-state index in [-0.39, 0.29) is 11.2 Å². The van der Waals surface area contributed by atoms with Gasteiger partial charge in [0.1, 0.15) is 12.4 Å². The Labute approximate surface area is 175 Å². The zero-order valence-corrected chi connectivity index (χ0v) is 17.1. The van der Waals surface area contributed by atoms with Gasteiger partial charge in [0, 0.05) is 37.9 Å². The van der Waals surface area contributed by atoms with Gasteiger partial charge >= 0.3 is 0 Å². The van der Waals surface area contributed by atoms with Crippen molar-refractivity contribution in [1.82, 2.24) is 25.2 Å². The molecule has 3 heterocycles. The van der Waals surface area contributed by atoms with E-state index in [0.29, 0.717) is 32.3 Å². The van der Waals surface area contributed by atoms with E-state index in [9.17, 15) is 4.39 Å². The second kappa shape index (κ2) is 9.21. The molecule has 1 saturated heterocycles. The summed E-state index contributed by atoms with van der Waals surface area (Å²) in [5, 5.41) is 15.2. The highest BCUT2D eigenvalue weighted by atomic mass is 19.1. The topological polar surface area (TPSA) is 75.8 Å². The lowest BCUT2D eigenvalue weighted by Gasteiger charge is -2.38. The highest BCUT2D eigenvalue weighted by Gasteiger charge is 2.35. The van der Waals surface area contributed by atoms with Crippen molar-refractivity contribution in [2.75, 3.05) is 26.3 Å². The molecule has 2 aromatic heterocycles. The lowest BCUT2D eigenvalue weighted by atomic mass is 9.74. The number of halogens is 1. The van der Waals surface area contributed by atoms with Gasteiger partial charge in [-0.05, 0) is 49.6 Å². The molecule has 8 heteroatoms. The highest BCUT2D eigenvalue weighted by Crippen LogP contribution is 2.34. The number of aromatic nitrogens is 3. The molecule has 0 aliphatic carbocycles. The fraction of sp³-hybridized carbons (Fsp3) is 0.409. The standard InChI is InChI=1S/C22H27FN6O/c1-2-24-21(25-15-20-28-27-19-8-3-4-11-29(19)20)26-16-22(9-12-30-13-10-22)17-6-5-7-18(23)14-17/h3-8,11,14H,2,9-10,12-13,15-16H2,1H3,(H2,24,25,26). The second-order valence-electron chi connectivity index (χ2n) is 7.50. The van der Waals surface area contributed by atoms with Crippen molar-refractivity contribution < 1.29 is 9.13 Å². The molecule has 158 valence electrons. The molecule has 1 aliphatic rings. The van der Waals surface area contributed by atoms with Gasteiger partial charge in [-0.25, -0.2) is 9.38 Å². The Morgan fingerprint density at radius 3 is 2.83 bits per heavy atom. The van der Waals surface area contributed by atoms with Gasteiger partial charge in [0.05, 0.1) is 0 Å². The van der Waals surface area contributed by atoms with E-state index in [2.05, 4.69) is 20.8 Å². The number of guanidine groups is 1. The minimum Gasteiger partial charge on any atom is -0.381 e. The number of aliphatic imine (C=N–C) groups is 1. The van der Waals surface area contributed by atoms with Gasteiger partial charge in [-0.1, -0.05) is 18.2 Å². The predicted molar refractivity (Wildman–Crippen MR) is 114 cm³/mol. The SMILES string of the molecule is CCNC(=NCc1nnc2ccccn12)NCC1(c2cccc(F)c2)CCOCC1. The summed E-state index contributed by atoms with van der Waals surface area (Å²) in [6, 6.07) is 12.7. The maximum absolute atomic E-state index is 13.9. The third-order valence-electron chi connectivity index (χ3n) is 5.59. The maximum atomic E-state index is 13.9. The van der Waals surface area contributed by atoms with Gasteiger partial charge in [-0.15, -0.1) is 10.2 Å². The van der Waals surface area contributed by atoms with Crippen molar-refractivity contribution in [2.45, 2.75) is 31.7 Å². The number of nitrogens with zero attached hydrogens (tertiary/aromatic N) is 4. The Morgan fingerprint density at radius 1 is 1.17 bits per heavy atom. The van der Waals surface area contributed by atoms with Crippen LogP contribution in [0.3, 0.4) is 0 Å². The number of fused-ring (bicyclic) bond motifs is 1. The molecule has 1 aromatic carbocycles. The molecule has 0 radical (unpaired) electrons. The summed E-state index contributed by atoms with van der Waals surface area (Å²) < 4.78 is 21.4. The Hall–Kier alpha value is -3.00. The van der Waals surface area contributed by atoms with Crippen molar-refractivity contribution in [3.05, 3.63) is 65.9 Å². The molecular formula is C22H27FN6O. The van der Waals surface area contributed by atoms with Crippen molar-refractivity contribution >= 4 is 11.6 Å². The minimum atomic E-state index is -0.211. The fourth-order valence-corrected chi connectivity index (χ4v) is 3.89. The second-order valence-corrected chi connectivity index (χ2v) is 7.50. The van der Waals surface area contributed by atoms with E-state index in [1.807, 2.05) is 41.8 Å². The molecule has 3 aromatic rings. The number of hydrogen-bond acceptors (Lipinski definition) is 4. The third kappa shape index (κ3) is 4.43. The first-order valence-electron chi connectivity index (χ1n) is 10.3. The van der Waals surface area contributed by atoms with Crippen molar-refractivity contribution in [3.63, 3.8) is 0 Å². The Bertz CT molecular complexity index is 1010. The van der Waals surface area contributed by atoms with E-state index in [4.69, 9.17) is 9.73 Å². The van der Waals surface area contributed by atoms with Crippen LogP contribution >= 0.6 is 0 Å². The summed E-state index contributed by atoms with van der Waals surface area (Å²) in [7, 11) is 0. The zero-order valence-electron chi connectivity index (χ0n) is 17.1. The average molecular weight is 410 g/mol. The molecule has 4 rings (SSSR count). The lowest BCUT2D eigenvalue weighted by Crippen LogP contribution is -2.48. The van der Waals surface area contributed by atoms with Gasteiger partial charge in [0.25, 0.3) is 0 Å². The van der Waals surface area contributed by atoms with Crippen LogP contribution in [-0.2, 0) is 16.7 Å². The molecule has 0 bridgehead atoms. The largest absolute Gasteiger partial charge is 0.381 e. The molecule has 0 saturated carbocycles. The third-order valence-corrected chi connectivity index (χ3v) is 5.59. The smallest absolute Gasteiger partial charge is 0.191 e. The Morgan fingerprint density at radius 2 is 2.03 bits per heavy atom. The zero-order chi connectivity index (χ0) is 20.8. The maximum Gasteiger partial charge on any atom is 0.191 e. The monoisotopic (exact) mass is 410 g/mol. The highest BCUT2D eigenvalue weighted by molar-refractivity contribution is 5.79. The number of rotatable bonds is 6. The summed E-state index contributed by atoms with van der Waals surface area (Å²) in [5.74, 6) is 1.26. The molecule has 0 spiro atoms. The first-order valence-corrected chi connectivity index (χ1v) is 10.3. The van der Waals surface area contributed by atoms with E-state index in [0.717, 1.165) is 36.4 Å². The van der Waals surface area contributed by atoms with Gasteiger partial charge in [-0.2, -0.15) is 0 Å². The lowest BCUT2D eigenvalue weighted by molar-refractivity contribution is 0.0513. The quantitative estimate of drug-likeness (QED) is 0.483.